The van der Waals surface area contributed by atoms with Gasteiger partial charge in [-0.05, 0) is 45.5 Å². The van der Waals surface area contributed by atoms with Crippen molar-refractivity contribution in [1.29, 1.82) is 0 Å². The normalized spacial score (nSPS) is 19.1. The molecule has 0 spiro atoms. The molecule has 0 aliphatic carbocycles. The van der Waals surface area contributed by atoms with Crippen molar-refractivity contribution in [3.63, 3.8) is 0 Å². The number of carbonyl (C=O) groups excluding carboxylic acids is 1. The zero-order valence-corrected chi connectivity index (χ0v) is 12.6. The molecule has 110 valence electrons. The van der Waals surface area contributed by atoms with Crippen LogP contribution in [0.3, 0.4) is 0 Å². The summed E-state index contributed by atoms with van der Waals surface area (Å²) in [7, 11) is 3.98. The molecule has 1 aliphatic rings. The molecule has 1 aliphatic heterocycles. The zero-order valence-electron chi connectivity index (χ0n) is 12.6. The van der Waals surface area contributed by atoms with E-state index in [-0.39, 0.29) is 5.91 Å². The summed E-state index contributed by atoms with van der Waals surface area (Å²) in [5, 5.41) is 3.13. The van der Waals surface area contributed by atoms with Crippen LogP contribution < -0.4 is 5.32 Å². The van der Waals surface area contributed by atoms with Gasteiger partial charge in [0.15, 0.2) is 0 Å². The van der Waals surface area contributed by atoms with Crippen LogP contribution >= 0.6 is 0 Å². The third kappa shape index (κ3) is 3.48. The van der Waals surface area contributed by atoms with Crippen molar-refractivity contribution in [3.05, 3.63) is 23.9 Å². The maximum atomic E-state index is 12.4. The van der Waals surface area contributed by atoms with E-state index >= 15 is 0 Å². The van der Waals surface area contributed by atoms with E-state index in [4.69, 9.17) is 0 Å². The molecule has 2 heterocycles. The fourth-order valence-electron chi connectivity index (χ4n) is 2.64. The van der Waals surface area contributed by atoms with E-state index in [0.717, 1.165) is 25.5 Å². The minimum absolute atomic E-state index is 0.00921. The molecular formula is C15H24N4O. The molecule has 1 fully saturated rings. The Balaban J connectivity index is 2.00. The molecule has 0 radical (unpaired) electrons. The molecule has 1 atom stereocenters. The van der Waals surface area contributed by atoms with E-state index in [1.54, 1.807) is 11.0 Å². The number of amides is 1. The fourth-order valence-corrected chi connectivity index (χ4v) is 2.64. The Hall–Kier alpha value is -1.62. The lowest BCUT2D eigenvalue weighted by Crippen LogP contribution is -2.39. The number of nitrogens with zero attached hydrogens (tertiary/aromatic N) is 3. The van der Waals surface area contributed by atoms with Crippen molar-refractivity contribution in [3.8, 4) is 0 Å². The van der Waals surface area contributed by atoms with Gasteiger partial charge in [0, 0.05) is 26.2 Å². The number of carbonyl (C=O) groups is 1. The summed E-state index contributed by atoms with van der Waals surface area (Å²) >= 11 is 0. The summed E-state index contributed by atoms with van der Waals surface area (Å²) in [6.07, 6.45) is 2.39. The van der Waals surface area contributed by atoms with Gasteiger partial charge < -0.3 is 15.1 Å². The van der Waals surface area contributed by atoms with Gasteiger partial charge in [-0.2, -0.15) is 0 Å². The maximum Gasteiger partial charge on any atom is 0.272 e. The topological polar surface area (TPSA) is 48.5 Å². The molecule has 2 rings (SSSR count). The number of pyridine rings is 1. The van der Waals surface area contributed by atoms with Gasteiger partial charge in [-0.3, -0.25) is 4.79 Å². The molecule has 1 N–H and O–H groups in total. The highest BCUT2D eigenvalue weighted by molar-refractivity contribution is 5.92. The van der Waals surface area contributed by atoms with Crippen LogP contribution in [0, 0.1) is 0 Å². The number of hydrogen-bond acceptors (Lipinski definition) is 4. The lowest BCUT2D eigenvalue weighted by Gasteiger charge is -2.25. The first-order chi connectivity index (χ1) is 9.61. The predicted molar refractivity (Wildman–Crippen MR) is 81.0 cm³/mol. The smallest absolute Gasteiger partial charge is 0.272 e. The molecule has 5 nitrogen and oxygen atoms in total. The van der Waals surface area contributed by atoms with Crippen LogP contribution in [0.15, 0.2) is 18.2 Å². The number of rotatable bonds is 5. The van der Waals surface area contributed by atoms with Gasteiger partial charge in [0.1, 0.15) is 11.5 Å². The van der Waals surface area contributed by atoms with Gasteiger partial charge in [0.25, 0.3) is 5.91 Å². The summed E-state index contributed by atoms with van der Waals surface area (Å²) in [5.41, 5.74) is 0.506. The summed E-state index contributed by atoms with van der Waals surface area (Å²) in [6, 6.07) is 6.00. The Bertz CT molecular complexity index is 463. The molecule has 1 aromatic heterocycles. The first-order valence-electron chi connectivity index (χ1n) is 7.28. The molecule has 0 aromatic carbocycles. The predicted octanol–water partition coefficient (Wildman–Crippen LogP) is 1.68. The number of aromatic nitrogens is 1. The average molecular weight is 276 g/mol. The van der Waals surface area contributed by atoms with Crippen LogP contribution in [0.2, 0.25) is 0 Å². The van der Waals surface area contributed by atoms with Gasteiger partial charge in [0.2, 0.25) is 0 Å². The van der Waals surface area contributed by atoms with Crippen LogP contribution in [0.1, 0.15) is 30.3 Å². The van der Waals surface area contributed by atoms with E-state index in [1.165, 1.54) is 12.8 Å². The molecule has 1 amide bonds. The number of nitrogens with one attached hydrogen (secondary N) is 1. The van der Waals surface area contributed by atoms with Crippen molar-refractivity contribution in [2.24, 2.45) is 0 Å². The van der Waals surface area contributed by atoms with Crippen LogP contribution in [-0.2, 0) is 0 Å². The zero-order chi connectivity index (χ0) is 14.5. The van der Waals surface area contributed by atoms with E-state index < -0.39 is 0 Å². The monoisotopic (exact) mass is 276 g/mol. The number of hydrogen-bond donors (Lipinski definition) is 1. The first kappa shape index (κ1) is 14.8. The van der Waals surface area contributed by atoms with Crippen molar-refractivity contribution in [1.82, 2.24) is 14.8 Å². The number of likely N-dealkylation sites (N-methyl/N-ethyl adjacent to an activating group) is 2. The third-order valence-electron chi connectivity index (χ3n) is 3.83. The van der Waals surface area contributed by atoms with Crippen molar-refractivity contribution >= 4 is 11.7 Å². The SMILES string of the molecule is CCNc1cccc(C(=O)N(C)CC2CCCN2C)n1. The molecule has 1 unspecified atom stereocenters. The molecule has 5 heteroatoms. The van der Waals surface area contributed by atoms with E-state index in [0.29, 0.717) is 11.7 Å². The largest absolute Gasteiger partial charge is 0.370 e. The van der Waals surface area contributed by atoms with Crippen LogP contribution in [0.5, 0.6) is 0 Å². The highest BCUT2D eigenvalue weighted by Gasteiger charge is 2.24. The van der Waals surface area contributed by atoms with E-state index in [2.05, 4.69) is 22.2 Å². The second-order valence-electron chi connectivity index (χ2n) is 5.40. The average Bonchev–Trinajstić information content (AvgIpc) is 2.84. The lowest BCUT2D eigenvalue weighted by molar-refractivity contribution is 0.0756. The Morgan fingerprint density at radius 1 is 1.55 bits per heavy atom. The molecule has 1 saturated heterocycles. The summed E-state index contributed by atoms with van der Waals surface area (Å²) < 4.78 is 0. The number of likely N-dealkylation sites (tertiary alicyclic amines) is 1. The van der Waals surface area contributed by atoms with Gasteiger partial charge >= 0.3 is 0 Å². The van der Waals surface area contributed by atoms with Crippen molar-refractivity contribution in [2.45, 2.75) is 25.8 Å². The van der Waals surface area contributed by atoms with Crippen LogP contribution in [0.4, 0.5) is 5.82 Å². The second-order valence-corrected chi connectivity index (χ2v) is 5.40. The first-order valence-corrected chi connectivity index (χ1v) is 7.28. The van der Waals surface area contributed by atoms with Gasteiger partial charge in [0.05, 0.1) is 0 Å². The van der Waals surface area contributed by atoms with Crippen molar-refractivity contribution in [2.75, 3.05) is 39.0 Å². The standard InChI is InChI=1S/C15H24N4O/c1-4-16-14-9-5-8-13(17-14)15(20)19(3)11-12-7-6-10-18(12)2/h5,8-9,12H,4,6-7,10-11H2,1-3H3,(H,16,17). The minimum Gasteiger partial charge on any atom is -0.370 e. The number of anilines is 1. The molecule has 1 aromatic rings. The minimum atomic E-state index is -0.00921. The summed E-state index contributed by atoms with van der Waals surface area (Å²) in [5.74, 6) is 0.745. The quantitative estimate of drug-likeness (QED) is 0.889. The molecular weight excluding hydrogens is 252 g/mol. The third-order valence-corrected chi connectivity index (χ3v) is 3.83. The summed E-state index contributed by atoms with van der Waals surface area (Å²) in [4.78, 5) is 20.9. The van der Waals surface area contributed by atoms with Crippen LogP contribution in [0.25, 0.3) is 0 Å². The second kappa shape index (κ2) is 6.70. The van der Waals surface area contributed by atoms with E-state index in [1.807, 2.05) is 26.1 Å². The summed E-state index contributed by atoms with van der Waals surface area (Å²) in [6.45, 7) is 4.70. The lowest BCUT2D eigenvalue weighted by atomic mass is 10.2. The molecule has 20 heavy (non-hydrogen) atoms. The van der Waals surface area contributed by atoms with Crippen LogP contribution in [-0.4, -0.2) is 60.5 Å². The highest BCUT2D eigenvalue weighted by atomic mass is 16.2. The molecule has 0 saturated carbocycles. The Kier molecular flexibility index (Phi) is 4.95. The highest BCUT2D eigenvalue weighted by Crippen LogP contribution is 2.16. The Morgan fingerprint density at radius 3 is 3.00 bits per heavy atom. The fraction of sp³-hybridized carbons (Fsp3) is 0.600. The maximum absolute atomic E-state index is 12.4. The van der Waals surface area contributed by atoms with Gasteiger partial charge in [-0.1, -0.05) is 6.07 Å². The Labute approximate surface area is 121 Å². The molecule has 0 bridgehead atoms. The van der Waals surface area contributed by atoms with Gasteiger partial charge in [-0.25, -0.2) is 4.98 Å². The Morgan fingerprint density at radius 2 is 2.35 bits per heavy atom. The van der Waals surface area contributed by atoms with E-state index in [9.17, 15) is 4.79 Å². The van der Waals surface area contributed by atoms with Crippen molar-refractivity contribution < 1.29 is 4.79 Å². The van der Waals surface area contributed by atoms with Gasteiger partial charge in [-0.15, -0.1) is 0 Å².